The molecule has 6 heteroatoms. The lowest BCUT2D eigenvalue weighted by Gasteiger charge is -2.15. The normalized spacial score (nSPS) is 13.1. The molecule has 0 aromatic carbocycles. The Morgan fingerprint density at radius 1 is 1.39 bits per heavy atom. The van der Waals surface area contributed by atoms with Crippen molar-refractivity contribution in [3.63, 3.8) is 0 Å². The molecule has 5 nitrogen and oxygen atoms in total. The third-order valence-electron chi connectivity index (χ3n) is 2.80. The summed E-state index contributed by atoms with van der Waals surface area (Å²) in [5, 5.41) is 10.9. The summed E-state index contributed by atoms with van der Waals surface area (Å²) in [6.07, 6.45) is 4.48. The van der Waals surface area contributed by atoms with Gasteiger partial charge in [0, 0.05) is 17.6 Å². The van der Waals surface area contributed by atoms with Crippen LogP contribution >= 0.6 is 11.3 Å². The predicted molar refractivity (Wildman–Crippen MR) is 72.4 cm³/mol. The molecular formula is C12H19N5S. The molecule has 2 rings (SSSR count). The average Bonchev–Trinajstić information content (AvgIpc) is 2.99. The topological polar surface area (TPSA) is 55.6 Å². The number of rotatable bonds is 6. The molecule has 2 aromatic heterocycles. The first-order valence-electron chi connectivity index (χ1n) is 6.23. The van der Waals surface area contributed by atoms with Crippen molar-refractivity contribution in [2.45, 2.75) is 45.8 Å². The van der Waals surface area contributed by atoms with Gasteiger partial charge in [-0.2, -0.15) is 5.10 Å². The quantitative estimate of drug-likeness (QED) is 0.872. The Balaban J connectivity index is 2.00. The Hall–Kier alpha value is -1.27. The van der Waals surface area contributed by atoms with E-state index in [-0.39, 0.29) is 0 Å². The SMILES string of the molecule is CCC(NCc1ncnn1C(C)C)c1nccs1. The maximum absolute atomic E-state index is 4.36. The number of thiazole rings is 1. The smallest absolute Gasteiger partial charge is 0.141 e. The Morgan fingerprint density at radius 3 is 2.83 bits per heavy atom. The number of nitrogens with zero attached hydrogens (tertiary/aromatic N) is 4. The van der Waals surface area contributed by atoms with Gasteiger partial charge >= 0.3 is 0 Å². The molecule has 0 aliphatic rings. The summed E-state index contributed by atoms with van der Waals surface area (Å²) in [5.74, 6) is 0.972. The minimum absolute atomic E-state index is 0.294. The number of nitrogens with one attached hydrogen (secondary N) is 1. The lowest BCUT2D eigenvalue weighted by Crippen LogP contribution is -2.23. The van der Waals surface area contributed by atoms with Crippen molar-refractivity contribution in [3.8, 4) is 0 Å². The van der Waals surface area contributed by atoms with Gasteiger partial charge in [0.25, 0.3) is 0 Å². The van der Waals surface area contributed by atoms with Crippen LogP contribution in [0.25, 0.3) is 0 Å². The number of hydrogen-bond donors (Lipinski definition) is 1. The highest BCUT2D eigenvalue weighted by Gasteiger charge is 2.13. The molecule has 0 amide bonds. The molecular weight excluding hydrogens is 246 g/mol. The van der Waals surface area contributed by atoms with Gasteiger partial charge in [-0.1, -0.05) is 6.92 Å². The molecule has 0 spiro atoms. The van der Waals surface area contributed by atoms with Crippen LogP contribution in [0, 0.1) is 0 Å². The Labute approximate surface area is 111 Å². The fourth-order valence-electron chi connectivity index (χ4n) is 1.86. The van der Waals surface area contributed by atoms with Crippen LogP contribution < -0.4 is 5.32 Å². The molecule has 0 aliphatic heterocycles. The monoisotopic (exact) mass is 265 g/mol. The molecule has 1 atom stereocenters. The fraction of sp³-hybridized carbons (Fsp3) is 0.583. The zero-order valence-corrected chi connectivity index (χ0v) is 11.8. The lowest BCUT2D eigenvalue weighted by molar-refractivity contribution is 0.457. The van der Waals surface area contributed by atoms with E-state index in [1.54, 1.807) is 17.7 Å². The first-order valence-corrected chi connectivity index (χ1v) is 7.11. The third kappa shape index (κ3) is 2.94. The molecule has 2 heterocycles. The van der Waals surface area contributed by atoms with E-state index < -0.39 is 0 Å². The number of aromatic nitrogens is 4. The minimum atomic E-state index is 0.294. The Morgan fingerprint density at radius 2 is 2.22 bits per heavy atom. The van der Waals surface area contributed by atoms with E-state index in [1.807, 2.05) is 16.3 Å². The first kappa shape index (κ1) is 13.2. The van der Waals surface area contributed by atoms with Crippen molar-refractivity contribution >= 4 is 11.3 Å². The van der Waals surface area contributed by atoms with Crippen LogP contribution in [0.3, 0.4) is 0 Å². The van der Waals surface area contributed by atoms with Crippen LogP contribution in [0.1, 0.15) is 50.1 Å². The molecule has 18 heavy (non-hydrogen) atoms. The van der Waals surface area contributed by atoms with E-state index in [9.17, 15) is 0 Å². The highest BCUT2D eigenvalue weighted by atomic mass is 32.1. The molecule has 98 valence electrons. The fourth-order valence-corrected chi connectivity index (χ4v) is 2.66. The molecule has 0 aliphatic carbocycles. The van der Waals surface area contributed by atoms with Crippen LogP contribution in [0.5, 0.6) is 0 Å². The zero-order chi connectivity index (χ0) is 13.0. The molecule has 0 bridgehead atoms. The van der Waals surface area contributed by atoms with E-state index in [1.165, 1.54) is 0 Å². The standard InChI is InChI=1S/C12H19N5S/c1-4-10(12-13-5-6-18-12)14-7-11-15-8-16-17(11)9(2)3/h5-6,8-10,14H,4,7H2,1-3H3. The van der Waals surface area contributed by atoms with Crippen LogP contribution in [0.4, 0.5) is 0 Å². The van der Waals surface area contributed by atoms with E-state index in [0.717, 1.165) is 23.8 Å². The second-order valence-corrected chi connectivity index (χ2v) is 5.35. The highest BCUT2D eigenvalue weighted by Crippen LogP contribution is 2.19. The maximum Gasteiger partial charge on any atom is 0.141 e. The van der Waals surface area contributed by atoms with Crippen LogP contribution in [-0.4, -0.2) is 19.7 Å². The van der Waals surface area contributed by atoms with E-state index in [2.05, 4.69) is 41.2 Å². The van der Waals surface area contributed by atoms with Gasteiger partial charge in [0.15, 0.2) is 0 Å². The summed E-state index contributed by atoms with van der Waals surface area (Å²) >= 11 is 1.69. The van der Waals surface area contributed by atoms with Crippen molar-refractivity contribution in [2.24, 2.45) is 0 Å². The van der Waals surface area contributed by atoms with Gasteiger partial charge in [-0.3, -0.25) is 0 Å². The average molecular weight is 265 g/mol. The van der Waals surface area contributed by atoms with Crippen molar-refractivity contribution in [1.29, 1.82) is 0 Å². The van der Waals surface area contributed by atoms with Gasteiger partial charge in [0.1, 0.15) is 17.2 Å². The van der Waals surface area contributed by atoms with Crippen LogP contribution in [0.15, 0.2) is 17.9 Å². The van der Waals surface area contributed by atoms with E-state index in [0.29, 0.717) is 12.1 Å². The molecule has 2 aromatic rings. The minimum Gasteiger partial charge on any atom is -0.301 e. The van der Waals surface area contributed by atoms with Gasteiger partial charge < -0.3 is 5.32 Å². The third-order valence-corrected chi connectivity index (χ3v) is 3.69. The predicted octanol–water partition coefficient (Wildman–Crippen LogP) is 2.56. The molecule has 0 saturated heterocycles. The summed E-state index contributed by atoms with van der Waals surface area (Å²) < 4.78 is 1.95. The summed E-state index contributed by atoms with van der Waals surface area (Å²) in [5.41, 5.74) is 0. The number of hydrogen-bond acceptors (Lipinski definition) is 5. The lowest BCUT2D eigenvalue weighted by atomic mass is 10.2. The summed E-state index contributed by atoms with van der Waals surface area (Å²) in [7, 11) is 0. The van der Waals surface area contributed by atoms with Gasteiger partial charge in [0.2, 0.25) is 0 Å². The molecule has 0 saturated carbocycles. The summed E-state index contributed by atoms with van der Waals surface area (Å²) in [6, 6.07) is 0.631. The van der Waals surface area contributed by atoms with Gasteiger partial charge in [-0.15, -0.1) is 11.3 Å². The van der Waals surface area contributed by atoms with Crippen LogP contribution in [-0.2, 0) is 6.54 Å². The van der Waals surface area contributed by atoms with Gasteiger partial charge in [-0.25, -0.2) is 14.6 Å². The van der Waals surface area contributed by atoms with Gasteiger partial charge in [-0.05, 0) is 20.3 Å². The second-order valence-electron chi connectivity index (χ2n) is 4.43. The largest absolute Gasteiger partial charge is 0.301 e. The van der Waals surface area contributed by atoms with Crippen molar-refractivity contribution in [1.82, 2.24) is 25.1 Å². The first-order chi connectivity index (χ1) is 8.72. The van der Waals surface area contributed by atoms with E-state index >= 15 is 0 Å². The highest BCUT2D eigenvalue weighted by molar-refractivity contribution is 7.09. The molecule has 1 unspecified atom stereocenters. The zero-order valence-electron chi connectivity index (χ0n) is 11.0. The van der Waals surface area contributed by atoms with Crippen molar-refractivity contribution in [2.75, 3.05) is 0 Å². The summed E-state index contributed by atoms with van der Waals surface area (Å²) in [6.45, 7) is 7.09. The molecule has 1 N–H and O–H groups in total. The Bertz CT molecular complexity index is 463. The molecule has 0 fully saturated rings. The summed E-state index contributed by atoms with van der Waals surface area (Å²) in [4.78, 5) is 8.66. The van der Waals surface area contributed by atoms with Gasteiger partial charge in [0.05, 0.1) is 12.6 Å². The van der Waals surface area contributed by atoms with Crippen LogP contribution in [0.2, 0.25) is 0 Å². The van der Waals surface area contributed by atoms with Crippen molar-refractivity contribution in [3.05, 3.63) is 28.7 Å². The molecule has 0 radical (unpaired) electrons. The van der Waals surface area contributed by atoms with E-state index in [4.69, 9.17) is 0 Å². The maximum atomic E-state index is 4.36. The second kappa shape index (κ2) is 6.06. The Kier molecular flexibility index (Phi) is 4.43. The van der Waals surface area contributed by atoms with Crippen molar-refractivity contribution < 1.29 is 0 Å².